The molecular formula is C25H27N5O6. The summed E-state index contributed by atoms with van der Waals surface area (Å²) >= 11 is 0. The highest BCUT2D eigenvalue weighted by Crippen LogP contribution is 2.33. The molecule has 3 aromatic rings. The molecule has 1 saturated heterocycles. The Kier molecular flexibility index (Phi) is 6.00. The van der Waals surface area contributed by atoms with Gasteiger partial charge in [0.05, 0.1) is 19.8 Å². The van der Waals surface area contributed by atoms with Crippen molar-refractivity contribution >= 4 is 35.3 Å². The number of furan rings is 1. The van der Waals surface area contributed by atoms with Gasteiger partial charge in [-0.2, -0.15) is 0 Å². The van der Waals surface area contributed by atoms with E-state index >= 15 is 0 Å². The quantitative estimate of drug-likeness (QED) is 0.423. The highest BCUT2D eigenvalue weighted by Gasteiger charge is 2.39. The Morgan fingerprint density at radius 1 is 1.33 bits per heavy atom. The first-order chi connectivity index (χ1) is 17.3. The van der Waals surface area contributed by atoms with E-state index in [1.165, 1.54) is 0 Å². The van der Waals surface area contributed by atoms with Gasteiger partial charge in [0.1, 0.15) is 28.4 Å². The third-order valence-corrected chi connectivity index (χ3v) is 6.67. The summed E-state index contributed by atoms with van der Waals surface area (Å²) in [6.07, 6.45) is 0.589. The molecule has 0 aliphatic carbocycles. The standard InChI is InChI=1S/C25H27N5O6/c1-25(28-24(34)26-14-31,13-30-11-15-3-4-17(35-2)9-18(15)23(30)33)21-10-19-20(36-21)5-6-22(27-19)29-8-7-16(32)12-29/h3-6,9-10,14,16,32H,7-8,11-13H2,1-2H3,(H2,26,28,31,34)/t16-,25+/m1/s1. The molecule has 1 fully saturated rings. The Bertz CT molecular complexity index is 1340. The molecule has 0 spiro atoms. The summed E-state index contributed by atoms with van der Waals surface area (Å²) in [4.78, 5) is 44.8. The van der Waals surface area contributed by atoms with Crippen LogP contribution in [0, 0.1) is 0 Å². The van der Waals surface area contributed by atoms with E-state index in [9.17, 15) is 19.5 Å². The number of carbonyl (C=O) groups is 3. The van der Waals surface area contributed by atoms with Gasteiger partial charge < -0.3 is 29.4 Å². The van der Waals surface area contributed by atoms with Crippen LogP contribution in [-0.4, -0.2) is 66.2 Å². The predicted octanol–water partition coefficient (Wildman–Crippen LogP) is 1.73. The van der Waals surface area contributed by atoms with Crippen molar-refractivity contribution in [2.45, 2.75) is 31.5 Å². The van der Waals surface area contributed by atoms with Crippen molar-refractivity contribution in [1.82, 2.24) is 20.5 Å². The van der Waals surface area contributed by atoms with Gasteiger partial charge >= 0.3 is 6.03 Å². The van der Waals surface area contributed by atoms with Crippen molar-refractivity contribution in [2.75, 3.05) is 31.6 Å². The molecule has 0 radical (unpaired) electrons. The second-order valence-electron chi connectivity index (χ2n) is 9.28. The number of nitrogens with zero attached hydrogens (tertiary/aromatic N) is 3. The Hall–Kier alpha value is -4.12. The van der Waals surface area contributed by atoms with E-state index in [4.69, 9.17) is 9.15 Å². The van der Waals surface area contributed by atoms with Gasteiger partial charge in [-0.3, -0.25) is 14.9 Å². The van der Waals surface area contributed by atoms with E-state index in [2.05, 4.69) is 15.6 Å². The molecule has 2 atom stereocenters. The van der Waals surface area contributed by atoms with Crippen LogP contribution in [0.3, 0.4) is 0 Å². The molecule has 0 saturated carbocycles. The molecule has 2 aliphatic heterocycles. The van der Waals surface area contributed by atoms with Crippen LogP contribution in [0.1, 0.15) is 35.0 Å². The van der Waals surface area contributed by atoms with Gasteiger partial charge in [0, 0.05) is 31.3 Å². The topological polar surface area (TPSA) is 137 Å². The molecule has 0 unspecified atom stereocenters. The summed E-state index contributed by atoms with van der Waals surface area (Å²) in [5.74, 6) is 1.49. The Morgan fingerprint density at radius 2 is 2.17 bits per heavy atom. The number of imide groups is 1. The van der Waals surface area contributed by atoms with Crippen LogP contribution in [0.2, 0.25) is 0 Å². The molecule has 1 aromatic carbocycles. The highest BCUT2D eigenvalue weighted by molar-refractivity contribution is 5.99. The number of amides is 4. The maximum Gasteiger partial charge on any atom is 0.322 e. The number of urea groups is 1. The minimum absolute atomic E-state index is 0.0834. The number of pyridine rings is 1. The van der Waals surface area contributed by atoms with Crippen LogP contribution >= 0.6 is 0 Å². The van der Waals surface area contributed by atoms with Crippen LogP contribution in [-0.2, 0) is 16.9 Å². The van der Waals surface area contributed by atoms with Crippen LogP contribution in [0.5, 0.6) is 5.75 Å². The molecule has 5 rings (SSSR count). The number of hydrogen-bond acceptors (Lipinski definition) is 8. The first-order valence-corrected chi connectivity index (χ1v) is 11.6. The number of aromatic nitrogens is 1. The Morgan fingerprint density at radius 3 is 2.89 bits per heavy atom. The van der Waals surface area contributed by atoms with Gasteiger partial charge in [-0.15, -0.1) is 0 Å². The number of fused-ring (bicyclic) bond motifs is 2. The van der Waals surface area contributed by atoms with E-state index in [1.807, 2.05) is 17.0 Å². The minimum Gasteiger partial charge on any atom is -0.497 e. The van der Waals surface area contributed by atoms with E-state index in [0.29, 0.717) is 54.2 Å². The molecule has 0 bridgehead atoms. The number of hydrogen-bond donors (Lipinski definition) is 3. The fourth-order valence-electron chi connectivity index (χ4n) is 4.81. The summed E-state index contributed by atoms with van der Waals surface area (Å²) in [6, 6.07) is 9.96. The third kappa shape index (κ3) is 4.33. The number of benzene rings is 1. The smallest absolute Gasteiger partial charge is 0.322 e. The van der Waals surface area contributed by atoms with Gasteiger partial charge in [-0.25, -0.2) is 9.78 Å². The van der Waals surface area contributed by atoms with Crippen molar-refractivity contribution in [3.05, 3.63) is 53.3 Å². The van der Waals surface area contributed by atoms with Gasteiger partial charge in [-0.1, -0.05) is 6.07 Å². The van der Waals surface area contributed by atoms with Crippen molar-refractivity contribution in [3.8, 4) is 5.75 Å². The first kappa shape index (κ1) is 23.6. The molecule has 36 heavy (non-hydrogen) atoms. The fourth-order valence-corrected chi connectivity index (χ4v) is 4.81. The van der Waals surface area contributed by atoms with E-state index < -0.39 is 11.6 Å². The molecule has 4 heterocycles. The first-order valence-electron chi connectivity index (χ1n) is 11.6. The van der Waals surface area contributed by atoms with Gasteiger partial charge in [0.25, 0.3) is 5.91 Å². The highest BCUT2D eigenvalue weighted by atomic mass is 16.5. The van der Waals surface area contributed by atoms with Crippen LogP contribution < -0.4 is 20.3 Å². The van der Waals surface area contributed by atoms with Gasteiger partial charge in [0.2, 0.25) is 6.41 Å². The van der Waals surface area contributed by atoms with Crippen molar-refractivity contribution in [3.63, 3.8) is 0 Å². The molecule has 4 amide bonds. The SMILES string of the molecule is COc1ccc2c(c1)C(=O)N(C[C@](C)(NC(=O)NC=O)c1cc3nc(N4CC[C@@H](O)C4)ccc3o1)C2. The molecule has 3 N–H and O–H groups in total. The number of nitrogens with one attached hydrogen (secondary N) is 2. The average Bonchev–Trinajstić information content (AvgIpc) is 3.56. The number of β-amino-alcohol motifs (C(OH)–C–C–N with tert-alkyl or cyclic N) is 1. The lowest BCUT2D eigenvalue weighted by Gasteiger charge is -2.32. The summed E-state index contributed by atoms with van der Waals surface area (Å²) in [5.41, 5.74) is 1.30. The molecule has 11 heteroatoms. The summed E-state index contributed by atoms with van der Waals surface area (Å²) in [5, 5.41) is 14.7. The zero-order valence-electron chi connectivity index (χ0n) is 20.0. The largest absolute Gasteiger partial charge is 0.497 e. The van der Waals surface area contributed by atoms with Gasteiger partial charge in [0.15, 0.2) is 5.58 Å². The van der Waals surface area contributed by atoms with Crippen molar-refractivity contribution in [2.24, 2.45) is 0 Å². The zero-order chi connectivity index (χ0) is 25.4. The van der Waals surface area contributed by atoms with E-state index in [-0.39, 0.29) is 25.0 Å². The number of anilines is 1. The third-order valence-electron chi connectivity index (χ3n) is 6.67. The normalized spacial score (nSPS) is 18.8. The zero-order valence-corrected chi connectivity index (χ0v) is 20.0. The lowest BCUT2D eigenvalue weighted by atomic mass is 9.98. The number of rotatable bonds is 7. The number of aliphatic hydroxyl groups is 1. The van der Waals surface area contributed by atoms with E-state index in [0.717, 1.165) is 11.4 Å². The Balaban J connectivity index is 1.46. The van der Waals surface area contributed by atoms with Crippen LogP contribution in [0.25, 0.3) is 11.1 Å². The Labute approximate surface area is 207 Å². The summed E-state index contributed by atoms with van der Waals surface area (Å²) in [7, 11) is 1.54. The second kappa shape index (κ2) is 9.15. The number of methoxy groups -OCH3 is 1. The summed E-state index contributed by atoms with van der Waals surface area (Å²) < 4.78 is 11.3. The molecule has 11 nitrogen and oxygen atoms in total. The maximum atomic E-state index is 13.2. The lowest BCUT2D eigenvalue weighted by Crippen LogP contribution is -2.53. The predicted molar refractivity (Wildman–Crippen MR) is 130 cm³/mol. The molecular weight excluding hydrogens is 466 g/mol. The second-order valence-corrected chi connectivity index (χ2v) is 9.28. The van der Waals surface area contributed by atoms with Crippen LogP contribution in [0.4, 0.5) is 10.6 Å². The average molecular weight is 494 g/mol. The number of ether oxygens (including phenoxy) is 1. The fraction of sp³-hybridized carbons (Fsp3) is 0.360. The monoisotopic (exact) mass is 493 g/mol. The number of carbonyl (C=O) groups excluding carboxylic acids is 3. The van der Waals surface area contributed by atoms with Crippen molar-refractivity contribution < 1.29 is 28.6 Å². The number of aliphatic hydroxyl groups excluding tert-OH is 1. The summed E-state index contributed by atoms with van der Waals surface area (Å²) in [6.45, 7) is 3.38. The van der Waals surface area contributed by atoms with E-state index in [1.54, 1.807) is 43.2 Å². The molecule has 188 valence electrons. The lowest BCUT2D eigenvalue weighted by molar-refractivity contribution is -0.108. The van der Waals surface area contributed by atoms with Crippen LogP contribution in [0.15, 0.2) is 40.8 Å². The van der Waals surface area contributed by atoms with Crippen molar-refractivity contribution in [1.29, 1.82) is 0 Å². The molecule has 2 aliphatic rings. The van der Waals surface area contributed by atoms with Gasteiger partial charge in [-0.05, 0) is 43.2 Å². The minimum atomic E-state index is -1.18. The molecule has 2 aromatic heterocycles. The maximum absolute atomic E-state index is 13.2.